The van der Waals surface area contributed by atoms with Gasteiger partial charge in [0, 0.05) is 23.2 Å². The first-order valence-corrected chi connectivity index (χ1v) is 7.31. The van der Waals surface area contributed by atoms with Gasteiger partial charge in [0.05, 0.1) is 6.10 Å². The molecule has 5 nitrogen and oxygen atoms in total. The topological polar surface area (TPSA) is 69.6 Å². The van der Waals surface area contributed by atoms with Gasteiger partial charge in [-0.25, -0.2) is 0 Å². The van der Waals surface area contributed by atoms with E-state index in [1.54, 1.807) is 11.8 Å². The van der Waals surface area contributed by atoms with Crippen molar-refractivity contribution in [1.29, 1.82) is 0 Å². The van der Waals surface area contributed by atoms with Crippen molar-refractivity contribution in [3.63, 3.8) is 0 Å². The minimum absolute atomic E-state index is 0.166. The number of anilines is 1. The summed E-state index contributed by atoms with van der Waals surface area (Å²) in [5, 5.41) is 11.7. The van der Waals surface area contributed by atoms with Crippen LogP contribution in [-0.4, -0.2) is 36.1 Å². The molecule has 1 heterocycles. The maximum Gasteiger partial charge on any atom is 0.239 e. The Labute approximate surface area is 126 Å². The number of halogens is 1. The summed E-state index contributed by atoms with van der Waals surface area (Å²) in [7, 11) is 0. The van der Waals surface area contributed by atoms with Crippen LogP contribution in [0.5, 0.6) is 0 Å². The summed E-state index contributed by atoms with van der Waals surface area (Å²) in [6.45, 7) is 2.28. The number of aliphatic hydroxyl groups excluding tert-OH is 1. The van der Waals surface area contributed by atoms with Crippen LogP contribution >= 0.6 is 15.9 Å². The summed E-state index contributed by atoms with van der Waals surface area (Å²) in [6.07, 6.45) is -0.117. The SMILES string of the molecule is CC(O)CNC(=O)C1CCN(c2cccc(Br)c2)C1=O. The van der Waals surface area contributed by atoms with Gasteiger partial charge < -0.3 is 15.3 Å². The fourth-order valence-corrected chi connectivity index (χ4v) is 2.58. The standard InChI is InChI=1S/C14H17BrN2O3/c1-9(18)8-16-13(19)12-5-6-17(14(12)20)11-4-2-3-10(15)7-11/h2-4,7,9,12,18H,5-6,8H2,1H3,(H,16,19). The lowest BCUT2D eigenvalue weighted by molar-refractivity contribution is -0.132. The number of rotatable bonds is 4. The molecule has 1 aliphatic heterocycles. The van der Waals surface area contributed by atoms with E-state index in [-0.39, 0.29) is 18.4 Å². The lowest BCUT2D eigenvalue weighted by Gasteiger charge is -2.17. The van der Waals surface area contributed by atoms with E-state index in [1.807, 2.05) is 24.3 Å². The van der Waals surface area contributed by atoms with Gasteiger partial charge >= 0.3 is 0 Å². The Hall–Kier alpha value is -1.40. The lowest BCUT2D eigenvalue weighted by atomic mass is 10.1. The molecule has 6 heteroatoms. The Morgan fingerprint density at radius 2 is 2.35 bits per heavy atom. The highest BCUT2D eigenvalue weighted by Gasteiger charge is 2.37. The molecule has 1 aliphatic rings. The third-order valence-electron chi connectivity index (χ3n) is 3.21. The van der Waals surface area contributed by atoms with Crippen LogP contribution in [0.4, 0.5) is 5.69 Å². The monoisotopic (exact) mass is 340 g/mol. The summed E-state index contributed by atoms with van der Waals surface area (Å²) in [4.78, 5) is 25.8. The van der Waals surface area contributed by atoms with E-state index in [0.717, 1.165) is 10.2 Å². The Kier molecular flexibility index (Phi) is 4.77. The minimum Gasteiger partial charge on any atom is -0.392 e. The molecule has 108 valence electrons. The smallest absolute Gasteiger partial charge is 0.239 e. The van der Waals surface area contributed by atoms with Crippen molar-refractivity contribution < 1.29 is 14.7 Å². The number of hydrogen-bond donors (Lipinski definition) is 2. The molecule has 2 atom stereocenters. The molecule has 1 fully saturated rings. The summed E-state index contributed by atoms with van der Waals surface area (Å²) < 4.78 is 0.893. The number of aliphatic hydroxyl groups is 1. The van der Waals surface area contributed by atoms with Crippen molar-refractivity contribution in [1.82, 2.24) is 5.32 Å². The van der Waals surface area contributed by atoms with Gasteiger partial charge in [0.25, 0.3) is 0 Å². The van der Waals surface area contributed by atoms with Gasteiger partial charge in [-0.15, -0.1) is 0 Å². The maximum atomic E-state index is 12.3. The molecule has 0 aliphatic carbocycles. The molecule has 0 spiro atoms. The number of benzene rings is 1. The van der Waals surface area contributed by atoms with E-state index in [1.165, 1.54) is 0 Å². The molecule has 0 aromatic heterocycles. The number of amides is 2. The zero-order chi connectivity index (χ0) is 14.7. The van der Waals surface area contributed by atoms with Gasteiger partial charge in [-0.1, -0.05) is 22.0 Å². The van der Waals surface area contributed by atoms with E-state index < -0.39 is 12.0 Å². The van der Waals surface area contributed by atoms with E-state index in [2.05, 4.69) is 21.2 Å². The second-order valence-electron chi connectivity index (χ2n) is 4.91. The minimum atomic E-state index is -0.660. The molecular formula is C14H17BrN2O3. The number of hydrogen-bond acceptors (Lipinski definition) is 3. The molecule has 1 aromatic rings. The third-order valence-corrected chi connectivity index (χ3v) is 3.71. The fraction of sp³-hybridized carbons (Fsp3) is 0.429. The molecule has 2 unspecified atom stereocenters. The van der Waals surface area contributed by atoms with E-state index in [0.29, 0.717) is 13.0 Å². The van der Waals surface area contributed by atoms with Crippen LogP contribution in [0, 0.1) is 5.92 Å². The second-order valence-corrected chi connectivity index (χ2v) is 5.82. The average molecular weight is 341 g/mol. The average Bonchev–Trinajstić information content (AvgIpc) is 2.78. The van der Waals surface area contributed by atoms with Crippen LogP contribution < -0.4 is 10.2 Å². The van der Waals surface area contributed by atoms with Gasteiger partial charge in [0.1, 0.15) is 5.92 Å². The van der Waals surface area contributed by atoms with Crippen molar-refractivity contribution in [2.45, 2.75) is 19.4 Å². The van der Waals surface area contributed by atoms with Crippen molar-refractivity contribution in [3.05, 3.63) is 28.7 Å². The van der Waals surface area contributed by atoms with Crippen molar-refractivity contribution in [3.8, 4) is 0 Å². The highest BCUT2D eigenvalue weighted by molar-refractivity contribution is 9.10. The van der Waals surface area contributed by atoms with Crippen LogP contribution in [0.25, 0.3) is 0 Å². The first-order chi connectivity index (χ1) is 9.49. The quantitative estimate of drug-likeness (QED) is 0.811. The van der Waals surface area contributed by atoms with Crippen LogP contribution in [0.3, 0.4) is 0 Å². The molecule has 20 heavy (non-hydrogen) atoms. The van der Waals surface area contributed by atoms with Crippen LogP contribution in [0.2, 0.25) is 0 Å². The Morgan fingerprint density at radius 1 is 1.60 bits per heavy atom. The van der Waals surface area contributed by atoms with Crippen molar-refractivity contribution >= 4 is 33.4 Å². The molecule has 0 bridgehead atoms. The van der Waals surface area contributed by atoms with Gasteiger partial charge in [0.15, 0.2) is 0 Å². The zero-order valence-electron chi connectivity index (χ0n) is 11.2. The maximum absolute atomic E-state index is 12.3. The zero-order valence-corrected chi connectivity index (χ0v) is 12.8. The summed E-state index contributed by atoms with van der Waals surface area (Å²) in [6, 6.07) is 7.44. The number of carbonyl (C=O) groups is 2. The van der Waals surface area contributed by atoms with Gasteiger partial charge in [-0.2, -0.15) is 0 Å². The Bertz CT molecular complexity index is 519. The summed E-state index contributed by atoms with van der Waals surface area (Å²) >= 11 is 3.37. The highest BCUT2D eigenvalue weighted by atomic mass is 79.9. The predicted molar refractivity (Wildman–Crippen MR) is 79.3 cm³/mol. The molecule has 2 amide bonds. The lowest BCUT2D eigenvalue weighted by Crippen LogP contribution is -2.39. The normalized spacial score (nSPS) is 20.1. The molecule has 2 N–H and O–H groups in total. The molecule has 0 radical (unpaired) electrons. The molecule has 0 saturated carbocycles. The molecule has 1 aromatic carbocycles. The number of nitrogens with one attached hydrogen (secondary N) is 1. The Morgan fingerprint density at radius 3 is 3.00 bits per heavy atom. The number of carbonyl (C=O) groups excluding carboxylic acids is 2. The van der Waals surface area contributed by atoms with Crippen molar-refractivity contribution in [2.75, 3.05) is 18.0 Å². The predicted octanol–water partition coefficient (Wildman–Crippen LogP) is 1.30. The van der Waals surface area contributed by atoms with E-state index in [4.69, 9.17) is 5.11 Å². The van der Waals surface area contributed by atoms with Gasteiger partial charge in [-0.3, -0.25) is 9.59 Å². The van der Waals surface area contributed by atoms with Crippen molar-refractivity contribution in [2.24, 2.45) is 5.92 Å². The highest BCUT2D eigenvalue weighted by Crippen LogP contribution is 2.27. The van der Waals surface area contributed by atoms with Crippen LogP contribution in [0.15, 0.2) is 28.7 Å². The van der Waals surface area contributed by atoms with Gasteiger partial charge in [-0.05, 0) is 31.5 Å². The molecular weight excluding hydrogens is 324 g/mol. The first-order valence-electron chi connectivity index (χ1n) is 6.51. The fourth-order valence-electron chi connectivity index (χ4n) is 2.20. The summed E-state index contributed by atoms with van der Waals surface area (Å²) in [5.41, 5.74) is 0.787. The van der Waals surface area contributed by atoms with E-state index >= 15 is 0 Å². The van der Waals surface area contributed by atoms with Crippen LogP contribution in [0.1, 0.15) is 13.3 Å². The molecule has 1 saturated heterocycles. The largest absolute Gasteiger partial charge is 0.392 e. The second kappa shape index (κ2) is 6.37. The first kappa shape index (κ1) is 15.0. The van der Waals surface area contributed by atoms with Crippen LogP contribution in [-0.2, 0) is 9.59 Å². The third kappa shape index (κ3) is 3.37. The number of nitrogens with zero attached hydrogens (tertiary/aromatic N) is 1. The Balaban J connectivity index is 2.04. The van der Waals surface area contributed by atoms with E-state index in [9.17, 15) is 9.59 Å². The molecule has 2 rings (SSSR count). The summed E-state index contributed by atoms with van der Waals surface area (Å²) in [5.74, 6) is -1.16. The van der Waals surface area contributed by atoms with Gasteiger partial charge in [0.2, 0.25) is 11.8 Å².